The molecule has 0 saturated carbocycles. The Labute approximate surface area is 150 Å². The Balaban J connectivity index is 1.90. The fraction of sp³-hybridized carbons (Fsp3) is 0.118. The number of benzene rings is 2. The Hall–Kier alpha value is -2.51. The predicted octanol–water partition coefficient (Wildman–Crippen LogP) is 3.93. The van der Waals surface area contributed by atoms with E-state index in [0.717, 1.165) is 5.56 Å². The first kappa shape index (κ1) is 17.3. The average molecular weight is 378 g/mol. The molecule has 25 heavy (non-hydrogen) atoms. The first-order valence-corrected chi connectivity index (χ1v) is 9.41. The summed E-state index contributed by atoms with van der Waals surface area (Å²) in [4.78, 5) is -0.0360. The molecule has 6 nitrogen and oxygen atoms in total. The summed E-state index contributed by atoms with van der Waals surface area (Å²) in [5.74, 6) is 0.416. The van der Waals surface area contributed by atoms with E-state index in [1.54, 1.807) is 19.1 Å². The van der Waals surface area contributed by atoms with Gasteiger partial charge in [0.25, 0.3) is 10.0 Å². The van der Waals surface area contributed by atoms with Crippen LogP contribution in [0.25, 0.3) is 11.3 Å². The Kier molecular flexibility index (Phi) is 4.96. The highest BCUT2D eigenvalue weighted by Gasteiger charge is 2.21. The fourth-order valence-electron chi connectivity index (χ4n) is 2.30. The number of halogens is 1. The molecule has 0 fully saturated rings. The van der Waals surface area contributed by atoms with Gasteiger partial charge in [-0.25, -0.2) is 8.42 Å². The van der Waals surface area contributed by atoms with Crippen molar-refractivity contribution in [2.75, 3.05) is 11.3 Å². The quantitative estimate of drug-likeness (QED) is 0.681. The Morgan fingerprint density at radius 2 is 1.92 bits per heavy atom. The van der Waals surface area contributed by atoms with Crippen LogP contribution in [0, 0.1) is 0 Å². The van der Waals surface area contributed by atoms with Crippen LogP contribution in [0.1, 0.15) is 6.92 Å². The van der Waals surface area contributed by atoms with Crippen molar-refractivity contribution in [2.24, 2.45) is 0 Å². The number of hydrogen-bond acceptors (Lipinski definition) is 4. The van der Waals surface area contributed by atoms with E-state index in [0.29, 0.717) is 17.3 Å². The van der Waals surface area contributed by atoms with E-state index >= 15 is 0 Å². The van der Waals surface area contributed by atoms with Crippen LogP contribution in [0.2, 0.25) is 5.02 Å². The van der Waals surface area contributed by atoms with Crippen LogP contribution in [0.4, 0.5) is 5.82 Å². The van der Waals surface area contributed by atoms with Gasteiger partial charge in [0, 0.05) is 11.1 Å². The van der Waals surface area contributed by atoms with Gasteiger partial charge in [-0.3, -0.25) is 9.82 Å². The molecule has 0 aliphatic rings. The first-order valence-electron chi connectivity index (χ1n) is 7.55. The highest BCUT2D eigenvalue weighted by molar-refractivity contribution is 7.92. The minimum atomic E-state index is -3.90. The minimum Gasteiger partial charge on any atom is -0.492 e. The first-order chi connectivity index (χ1) is 12.0. The van der Waals surface area contributed by atoms with Crippen molar-refractivity contribution in [3.63, 3.8) is 0 Å². The number of hydrogen-bond donors (Lipinski definition) is 2. The van der Waals surface area contributed by atoms with Crippen molar-refractivity contribution in [1.29, 1.82) is 0 Å². The number of aromatic amines is 1. The van der Waals surface area contributed by atoms with E-state index in [9.17, 15) is 8.42 Å². The number of nitrogens with one attached hydrogen (secondary N) is 2. The molecular weight excluding hydrogens is 362 g/mol. The molecule has 3 aromatic rings. The number of aromatic nitrogens is 2. The van der Waals surface area contributed by atoms with E-state index in [-0.39, 0.29) is 16.5 Å². The molecule has 1 aromatic heterocycles. The van der Waals surface area contributed by atoms with Gasteiger partial charge < -0.3 is 4.74 Å². The molecule has 3 rings (SSSR count). The maximum atomic E-state index is 12.7. The minimum absolute atomic E-state index is 0.0360. The molecule has 0 aliphatic heterocycles. The maximum absolute atomic E-state index is 12.7. The average Bonchev–Trinajstić information content (AvgIpc) is 3.05. The number of ether oxygens (including phenoxy) is 1. The summed E-state index contributed by atoms with van der Waals surface area (Å²) in [5.41, 5.74) is 1.60. The SMILES string of the molecule is CCOc1ccc(Cl)cc1S(=O)(=O)Nc1cc(-c2ccccc2)[nH]n1. The molecule has 0 radical (unpaired) electrons. The van der Waals surface area contributed by atoms with Crippen LogP contribution < -0.4 is 9.46 Å². The molecule has 1 heterocycles. The lowest BCUT2D eigenvalue weighted by atomic mass is 10.2. The van der Waals surface area contributed by atoms with Crippen LogP contribution in [0.5, 0.6) is 5.75 Å². The molecule has 0 spiro atoms. The number of H-pyrrole nitrogens is 1. The number of sulfonamides is 1. The van der Waals surface area contributed by atoms with E-state index in [1.165, 1.54) is 12.1 Å². The zero-order valence-electron chi connectivity index (χ0n) is 13.4. The van der Waals surface area contributed by atoms with Gasteiger partial charge in [0.05, 0.1) is 12.3 Å². The molecule has 0 atom stereocenters. The third-order valence-electron chi connectivity index (χ3n) is 3.40. The molecule has 130 valence electrons. The zero-order valence-corrected chi connectivity index (χ0v) is 14.9. The van der Waals surface area contributed by atoms with Crippen LogP contribution >= 0.6 is 11.6 Å². The van der Waals surface area contributed by atoms with E-state index in [1.807, 2.05) is 30.3 Å². The highest BCUT2D eigenvalue weighted by atomic mass is 35.5. The smallest absolute Gasteiger partial charge is 0.266 e. The van der Waals surface area contributed by atoms with Crippen molar-refractivity contribution in [3.05, 3.63) is 59.6 Å². The molecule has 2 aromatic carbocycles. The second-order valence-electron chi connectivity index (χ2n) is 5.16. The summed E-state index contributed by atoms with van der Waals surface area (Å²) in [7, 11) is -3.90. The van der Waals surface area contributed by atoms with Gasteiger partial charge in [0.15, 0.2) is 5.82 Å². The van der Waals surface area contributed by atoms with Crippen LogP contribution in [-0.2, 0) is 10.0 Å². The van der Waals surface area contributed by atoms with Gasteiger partial charge in [0.2, 0.25) is 0 Å². The van der Waals surface area contributed by atoms with Crippen molar-refractivity contribution in [3.8, 4) is 17.0 Å². The monoisotopic (exact) mass is 377 g/mol. The van der Waals surface area contributed by atoms with E-state index in [4.69, 9.17) is 16.3 Å². The molecule has 0 aliphatic carbocycles. The Bertz CT molecular complexity index is 972. The Morgan fingerprint density at radius 1 is 1.16 bits per heavy atom. The molecule has 0 amide bonds. The highest BCUT2D eigenvalue weighted by Crippen LogP contribution is 2.29. The zero-order chi connectivity index (χ0) is 17.9. The van der Waals surface area contributed by atoms with E-state index in [2.05, 4.69) is 14.9 Å². The number of anilines is 1. The standard InChI is InChI=1S/C17H16ClN3O3S/c1-2-24-15-9-8-13(18)10-16(15)25(22,23)21-17-11-14(19-20-17)12-6-4-3-5-7-12/h3-11H,2H2,1H3,(H2,19,20,21). The lowest BCUT2D eigenvalue weighted by Crippen LogP contribution is -2.14. The third kappa shape index (κ3) is 3.94. The molecule has 2 N–H and O–H groups in total. The summed E-state index contributed by atoms with van der Waals surface area (Å²) >= 11 is 5.94. The predicted molar refractivity (Wildman–Crippen MR) is 97.5 cm³/mol. The van der Waals surface area contributed by atoms with Gasteiger partial charge in [0.1, 0.15) is 10.6 Å². The number of rotatable bonds is 6. The van der Waals surface area contributed by atoms with Crippen molar-refractivity contribution >= 4 is 27.4 Å². The summed E-state index contributed by atoms with van der Waals surface area (Å²) in [5, 5.41) is 7.13. The van der Waals surface area contributed by atoms with E-state index < -0.39 is 10.0 Å². The second-order valence-corrected chi connectivity index (χ2v) is 7.25. The van der Waals surface area contributed by atoms with Crippen LogP contribution in [0.3, 0.4) is 0 Å². The summed E-state index contributed by atoms with van der Waals surface area (Å²) in [6.45, 7) is 2.11. The van der Waals surface area contributed by atoms with Crippen molar-refractivity contribution in [1.82, 2.24) is 10.2 Å². The maximum Gasteiger partial charge on any atom is 0.266 e. The lowest BCUT2D eigenvalue weighted by molar-refractivity contribution is 0.331. The van der Waals surface area contributed by atoms with Crippen LogP contribution in [0.15, 0.2) is 59.5 Å². The van der Waals surface area contributed by atoms with Gasteiger partial charge in [-0.2, -0.15) is 5.10 Å². The lowest BCUT2D eigenvalue weighted by Gasteiger charge is -2.11. The molecule has 0 unspecified atom stereocenters. The second kappa shape index (κ2) is 7.16. The third-order valence-corrected chi connectivity index (χ3v) is 5.01. The molecule has 0 saturated heterocycles. The van der Waals surface area contributed by atoms with Gasteiger partial charge in [-0.15, -0.1) is 0 Å². The Morgan fingerprint density at radius 3 is 2.64 bits per heavy atom. The summed E-state index contributed by atoms with van der Waals surface area (Å²) in [6.07, 6.45) is 0. The van der Waals surface area contributed by atoms with Crippen molar-refractivity contribution < 1.29 is 13.2 Å². The van der Waals surface area contributed by atoms with Crippen LogP contribution in [-0.4, -0.2) is 25.2 Å². The normalized spacial score (nSPS) is 11.3. The molecule has 8 heteroatoms. The topological polar surface area (TPSA) is 84.1 Å². The largest absolute Gasteiger partial charge is 0.492 e. The number of nitrogens with zero attached hydrogens (tertiary/aromatic N) is 1. The molecule has 0 bridgehead atoms. The van der Waals surface area contributed by atoms with Crippen molar-refractivity contribution in [2.45, 2.75) is 11.8 Å². The summed E-state index contributed by atoms with van der Waals surface area (Å²) < 4.78 is 33.2. The van der Waals surface area contributed by atoms with Gasteiger partial charge >= 0.3 is 0 Å². The van der Waals surface area contributed by atoms with Gasteiger partial charge in [-0.05, 0) is 30.7 Å². The summed E-state index contributed by atoms with van der Waals surface area (Å²) in [6, 6.07) is 15.6. The molecular formula is C17H16ClN3O3S. The fourth-order valence-corrected chi connectivity index (χ4v) is 3.70. The van der Waals surface area contributed by atoms with Gasteiger partial charge in [-0.1, -0.05) is 41.9 Å².